The van der Waals surface area contributed by atoms with Crippen molar-refractivity contribution in [1.82, 2.24) is 4.72 Å². The van der Waals surface area contributed by atoms with Crippen molar-refractivity contribution in [3.63, 3.8) is 0 Å². The molecule has 0 amide bonds. The average Bonchev–Trinajstić information content (AvgIpc) is 2.30. The quantitative estimate of drug-likeness (QED) is 0.819. The molecule has 0 saturated carbocycles. The smallest absolute Gasteiger partial charge is 0.241 e. The second-order valence-electron chi connectivity index (χ2n) is 4.27. The van der Waals surface area contributed by atoms with Crippen molar-refractivity contribution in [3.05, 3.63) is 22.7 Å². The Morgan fingerprint density at radius 3 is 2.39 bits per heavy atom. The summed E-state index contributed by atoms with van der Waals surface area (Å²) in [6, 6.07) is 2.91. The first-order valence-electron chi connectivity index (χ1n) is 5.89. The predicted molar refractivity (Wildman–Crippen MR) is 75.3 cm³/mol. The first-order valence-corrected chi connectivity index (χ1v) is 7.75. The van der Waals surface area contributed by atoms with E-state index in [0.29, 0.717) is 10.6 Å². The first kappa shape index (κ1) is 15.3. The number of halogens is 1. The molecule has 102 valence electrons. The monoisotopic (exact) mass is 290 g/mol. The molecule has 3 N–H and O–H groups in total. The molecule has 4 nitrogen and oxygen atoms in total. The van der Waals surface area contributed by atoms with Crippen LogP contribution in [0.2, 0.25) is 5.02 Å². The SMILES string of the molecule is CCC(CC)NS(=O)(=O)c1cc(N)c(Cl)cc1C. The Morgan fingerprint density at radius 2 is 1.89 bits per heavy atom. The van der Waals surface area contributed by atoms with Crippen LogP contribution in [0.5, 0.6) is 0 Å². The Labute approximate surface area is 114 Å². The van der Waals surface area contributed by atoms with Crippen molar-refractivity contribution in [2.45, 2.75) is 44.6 Å². The van der Waals surface area contributed by atoms with Crippen molar-refractivity contribution in [2.24, 2.45) is 0 Å². The fourth-order valence-corrected chi connectivity index (χ4v) is 3.58. The molecule has 1 rings (SSSR count). The summed E-state index contributed by atoms with van der Waals surface area (Å²) in [5.74, 6) is 0. The molecule has 0 spiro atoms. The highest BCUT2D eigenvalue weighted by atomic mass is 35.5. The van der Waals surface area contributed by atoms with Crippen LogP contribution in [0.25, 0.3) is 0 Å². The van der Waals surface area contributed by atoms with Gasteiger partial charge in [0.1, 0.15) is 0 Å². The van der Waals surface area contributed by atoms with Crippen LogP contribution < -0.4 is 10.5 Å². The maximum Gasteiger partial charge on any atom is 0.241 e. The van der Waals surface area contributed by atoms with Crippen LogP contribution in [-0.4, -0.2) is 14.5 Å². The third-order valence-electron chi connectivity index (χ3n) is 2.89. The van der Waals surface area contributed by atoms with Crippen molar-refractivity contribution in [1.29, 1.82) is 0 Å². The van der Waals surface area contributed by atoms with E-state index in [4.69, 9.17) is 17.3 Å². The van der Waals surface area contributed by atoms with Gasteiger partial charge in [0.15, 0.2) is 0 Å². The summed E-state index contributed by atoms with van der Waals surface area (Å²) in [4.78, 5) is 0.191. The molecule has 0 saturated heterocycles. The molecule has 0 aliphatic heterocycles. The van der Waals surface area contributed by atoms with Gasteiger partial charge in [-0.3, -0.25) is 0 Å². The summed E-state index contributed by atoms with van der Waals surface area (Å²) in [5, 5.41) is 0.369. The van der Waals surface area contributed by atoms with Crippen LogP contribution in [0.4, 0.5) is 5.69 Å². The lowest BCUT2D eigenvalue weighted by Crippen LogP contribution is -2.34. The number of aryl methyl sites for hydroxylation is 1. The van der Waals surface area contributed by atoms with Gasteiger partial charge in [-0.1, -0.05) is 25.4 Å². The highest BCUT2D eigenvalue weighted by molar-refractivity contribution is 7.89. The normalized spacial score (nSPS) is 12.1. The fourth-order valence-electron chi connectivity index (χ4n) is 1.70. The van der Waals surface area contributed by atoms with E-state index in [0.717, 1.165) is 12.8 Å². The predicted octanol–water partition coefficient (Wildman–Crippen LogP) is 2.70. The minimum atomic E-state index is -3.54. The van der Waals surface area contributed by atoms with Crippen molar-refractivity contribution >= 4 is 27.3 Å². The summed E-state index contributed by atoms with van der Waals surface area (Å²) in [7, 11) is -3.54. The summed E-state index contributed by atoms with van der Waals surface area (Å²) >= 11 is 5.86. The zero-order valence-electron chi connectivity index (χ0n) is 10.8. The molecule has 0 unspecified atom stereocenters. The van der Waals surface area contributed by atoms with Gasteiger partial charge in [-0.05, 0) is 37.5 Å². The number of anilines is 1. The standard InChI is InChI=1S/C12H19ClN2O2S/c1-4-9(5-2)15-18(16,17)12-7-11(14)10(13)6-8(12)3/h6-7,9,15H,4-5,14H2,1-3H3. The van der Waals surface area contributed by atoms with Crippen LogP contribution in [0.3, 0.4) is 0 Å². The lowest BCUT2D eigenvalue weighted by atomic mass is 10.2. The molecule has 1 aromatic rings. The lowest BCUT2D eigenvalue weighted by Gasteiger charge is -2.16. The molecule has 0 aliphatic carbocycles. The van der Waals surface area contributed by atoms with Crippen LogP contribution in [-0.2, 0) is 10.0 Å². The van der Waals surface area contributed by atoms with E-state index < -0.39 is 10.0 Å². The van der Waals surface area contributed by atoms with E-state index in [1.165, 1.54) is 6.07 Å². The lowest BCUT2D eigenvalue weighted by molar-refractivity contribution is 0.530. The van der Waals surface area contributed by atoms with Gasteiger partial charge < -0.3 is 5.73 Å². The molecule has 0 fully saturated rings. The Kier molecular flexibility index (Phi) is 5.01. The minimum absolute atomic E-state index is 0.0636. The number of hydrogen-bond donors (Lipinski definition) is 2. The average molecular weight is 291 g/mol. The number of nitrogens with one attached hydrogen (secondary N) is 1. The third-order valence-corrected chi connectivity index (χ3v) is 4.88. The molecular weight excluding hydrogens is 272 g/mol. The van der Waals surface area contributed by atoms with Gasteiger partial charge in [0.05, 0.1) is 15.6 Å². The number of hydrogen-bond acceptors (Lipinski definition) is 3. The van der Waals surface area contributed by atoms with Crippen LogP contribution >= 0.6 is 11.6 Å². The Balaban J connectivity index is 3.16. The number of nitrogens with two attached hydrogens (primary N) is 1. The molecule has 0 atom stereocenters. The maximum absolute atomic E-state index is 12.2. The molecule has 0 radical (unpaired) electrons. The Bertz CT molecular complexity index is 525. The van der Waals surface area contributed by atoms with Gasteiger partial charge in [0.25, 0.3) is 0 Å². The molecule has 18 heavy (non-hydrogen) atoms. The van der Waals surface area contributed by atoms with Crippen molar-refractivity contribution in [2.75, 3.05) is 5.73 Å². The van der Waals surface area contributed by atoms with Gasteiger partial charge in [-0.25, -0.2) is 13.1 Å². The molecule has 0 bridgehead atoms. The van der Waals surface area contributed by atoms with Crippen LogP contribution in [0.1, 0.15) is 32.3 Å². The van der Waals surface area contributed by atoms with E-state index in [9.17, 15) is 8.42 Å². The Hall–Kier alpha value is -0.780. The number of nitrogen functional groups attached to an aromatic ring is 1. The summed E-state index contributed by atoms with van der Waals surface area (Å²) in [5.41, 5.74) is 6.52. The minimum Gasteiger partial charge on any atom is -0.397 e. The van der Waals surface area contributed by atoms with Gasteiger partial charge in [-0.2, -0.15) is 0 Å². The number of benzene rings is 1. The van der Waals surface area contributed by atoms with Crippen molar-refractivity contribution < 1.29 is 8.42 Å². The highest BCUT2D eigenvalue weighted by Gasteiger charge is 2.21. The second kappa shape index (κ2) is 5.91. The number of rotatable bonds is 5. The molecule has 6 heteroatoms. The van der Waals surface area contributed by atoms with Crippen LogP contribution in [0, 0.1) is 6.92 Å². The van der Waals surface area contributed by atoms with E-state index >= 15 is 0 Å². The van der Waals surface area contributed by atoms with Crippen molar-refractivity contribution in [3.8, 4) is 0 Å². The van der Waals surface area contributed by atoms with E-state index in [1.807, 2.05) is 13.8 Å². The summed E-state index contributed by atoms with van der Waals surface area (Å²) < 4.78 is 27.1. The zero-order chi connectivity index (χ0) is 13.9. The van der Waals surface area contributed by atoms with Gasteiger partial charge in [0, 0.05) is 6.04 Å². The largest absolute Gasteiger partial charge is 0.397 e. The van der Waals surface area contributed by atoms with Gasteiger partial charge in [0.2, 0.25) is 10.0 Å². The van der Waals surface area contributed by atoms with E-state index in [2.05, 4.69) is 4.72 Å². The summed E-state index contributed by atoms with van der Waals surface area (Å²) in [6.07, 6.45) is 1.50. The molecule has 1 aromatic carbocycles. The zero-order valence-corrected chi connectivity index (χ0v) is 12.4. The summed E-state index contributed by atoms with van der Waals surface area (Å²) in [6.45, 7) is 5.59. The maximum atomic E-state index is 12.2. The van der Waals surface area contributed by atoms with E-state index in [-0.39, 0.29) is 16.6 Å². The van der Waals surface area contributed by atoms with Gasteiger partial charge >= 0.3 is 0 Å². The topological polar surface area (TPSA) is 72.2 Å². The molecule has 0 heterocycles. The number of sulfonamides is 1. The van der Waals surface area contributed by atoms with E-state index in [1.54, 1.807) is 13.0 Å². The third kappa shape index (κ3) is 3.37. The first-order chi connectivity index (χ1) is 8.31. The second-order valence-corrected chi connectivity index (χ2v) is 6.36. The highest BCUT2D eigenvalue weighted by Crippen LogP contribution is 2.26. The molecule has 0 aliphatic rings. The van der Waals surface area contributed by atoms with Crippen LogP contribution in [0.15, 0.2) is 17.0 Å². The Morgan fingerprint density at radius 1 is 1.33 bits per heavy atom. The van der Waals surface area contributed by atoms with Gasteiger partial charge in [-0.15, -0.1) is 0 Å². The molecular formula is C12H19ClN2O2S. The molecule has 0 aromatic heterocycles. The fraction of sp³-hybridized carbons (Fsp3) is 0.500.